The van der Waals surface area contributed by atoms with Crippen LogP contribution in [-0.2, 0) is 0 Å². The number of nitrogen functional groups attached to an aromatic ring is 1. The molecule has 0 bridgehead atoms. The Hall–Kier alpha value is -2.74. The molecule has 2 nitrogen and oxygen atoms in total. The first-order valence-electron chi connectivity index (χ1n) is 7.00. The third-order valence-electron chi connectivity index (χ3n) is 3.89. The fraction of sp³-hybridized carbons (Fsp3) is 0.0526. The largest absolute Gasteiger partial charge is 0.456 e. The first-order chi connectivity index (χ1) is 10.2. The van der Waals surface area contributed by atoms with Gasteiger partial charge < -0.3 is 10.2 Å². The lowest BCUT2D eigenvalue weighted by Gasteiger charge is -2.07. The predicted octanol–water partition coefficient (Wildman–Crippen LogP) is 5.14. The molecule has 0 spiro atoms. The average molecular weight is 273 g/mol. The maximum Gasteiger partial charge on any atom is 0.135 e. The molecule has 0 aliphatic heterocycles. The van der Waals surface area contributed by atoms with Crippen molar-refractivity contribution >= 4 is 27.6 Å². The topological polar surface area (TPSA) is 39.2 Å². The highest BCUT2D eigenvalue weighted by molar-refractivity contribution is 6.06. The van der Waals surface area contributed by atoms with Gasteiger partial charge in [0.05, 0.1) is 0 Å². The summed E-state index contributed by atoms with van der Waals surface area (Å²) in [7, 11) is 0. The van der Waals surface area contributed by atoms with Gasteiger partial charge in [0.25, 0.3) is 0 Å². The Morgan fingerprint density at radius 3 is 2.48 bits per heavy atom. The summed E-state index contributed by atoms with van der Waals surface area (Å²) in [5.41, 5.74) is 12.1. The lowest BCUT2D eigenvalue weighted by Crippen LogP contribution is -1.90. The van der Waals surface area contributed by atoms with E-state index in [9.17, 15) is 0 Å². The zero-order valence-corrected chi connectivity index (χ0v) is 11.8. The second-order valence-electron chi connectivity index (χ2n) is 5.40. The van der Waals surface area contributed by atoms with Gasteiger partial charge in [0.15, 0.2) is 0 Å². The summed E-state index contributed by atoms with van der Waals surface area (Å²) >= 11 is 0. The summed E-state index contributed by atoms with van der Waals surface area (Å²) < 4.78 is 5.86. The third kappa shape index (κ3) is 1.88. The number of hydrogen-bond donors (Lipinski definition) is 1. The SMILES string of the molecule is Cc1ccc(-c2ccc3oc4ccccc4c3c2)c(N)c1. The maximum absolute atomic E-state index is 6.16. The summed E-state index contributed by atoms with van der Waals surface area (Å²) in [6.45, 7) is 2.05. The van der Waals surface area contributed by atoms with Crippen LogP contribution < -0.4 is 5.73 Å². The Labute approximate surface area is 122 Å². The normalized spacial score (nSPS) is 11.3. The number of nitrogens with two attached hydrogens (primary N) is 1. The molecule has 0 unspecified atom stereocenters. The zero-order chi connectivity index (χ0) is 14.4. The molecule has 1 aromatic heterocycles. The number of anilines is 1. The molecule has 3 aromatic carbocycles. The zero-order valence-electron chi connectivity index (χ0n) is 11.8. The molecule has 1 heterocycles. The van der Waals surface area contributed by atoms with Gasteiger partial charge in [0.2, 0.25) is 0 Å². The molecule has 0 fully saturated rings. The van der Waals surface area contributed by atoms with Crippen molar-refractivity contribution in [2.45, 2.75) is 6.92 Å². The molecule has 0 aliphatic rings. The van der Waals surface area contributed by atoms with Crippen LogP contribution in [0.1, 0.15) is 5.56 Å². The number of para-hydroxylation sites is 1. The van der Waals surface area contributed by atoms with E-state index in [1.807, 2.05) is 37.3 Å². The predicted molar refractivity (Wildman–Crippen MR) is 88.3 cm³/mol. The van der Waals surface area contributed by atoms with Gasteiger partial charge in [0, 0.05) is 22.0 Å². The molecule has 102 valence electrons. The lowest BCUT2D eigenvalue weighted by atomic mass is 10.00. The fourth-order valence-electron chi connectivity index (χ4n) is 2.84. The van der Waals surface area contributed by atoms with Crippen molar-refractivity contribution in [1.29, 1.82) is 0 Å². The van der Waals surface area contributed by atoms with E-state index < -0.39 is 0 Å². The first-order valence-corrected chi connectivity index (χ1v) is 7.00. The monoisotopic (exact) mass is 273 g/mol. The number of furan rings is 1. The highest BCUT2D eigenvalue weighted by Gasteiger charge is 2.09. The first kappa shape index (κ1) is 12.0. The van der Waals surface area contributed by atoms with E-state index in [1.54, 1.807) is 0 Å². The number of hydrogen-bond acceptors (Lipinski definition) is 2. The Bertz CT molecular complexity index is 966. The van der Waals surface area contributed by atoms with Crippen LogP contribution in [-0.4, -0.2) is 0 Å². The van der Waals surface area contributed by atoms with Gasteiger partial charge in [0.1, 0.15) is 11.2 Å². The molecule has 0 amide bonds. The number of rotatable bonds is 1. The van der Waals surface area contributed by atoms with Crippen molar-refractivity contribution in [1.82, 2.24) is 0 Å². The molecule has 2 heteroatoms. The molecule has 21 heavy (non-hydrogen) atoms. The van der Waals surface area contributed by atoms with E-state index in [0.717, 1.165) is 38.8 Å². The summed E-state index contributed by atoms with van der Waals surface area (Å²) in [4.78, 5) is 0. The van der Waals surface area contributed by atoms with Crippen molar-refractivity contribution in [2.24, 2.45) is 0 Å². The van der Waals surface area contributed by atoms with Crippen molar-refractivity contribution in [3.05, 3.63) is 66.2 Å². The van der Waals surface area contributed by atoms with Gasteiger partial charge in [-0.25, -0.2) is 0 Å². The van der Waals surface area contributed by atoms with Crippen molar-refractivity contribution in [3.8, 4) is 11.1 Å². The van der Waals surface area contributed by atoms with Gasteiger partial charge in [-0.05, 0) is 42.3 Å². The molecule has 4 rings (SSSR count). The Balaban J connectivity index is 1.99. The minimum Gasteiger partial charge on any atom is -0.456 e. The molecule has 0 saturated heterocycles. The molecular weight excluding hydrogens is 258 g/mol. The van der Waals surface area contributed by atoms with E-state index in [4.69, 9.17) is 10.2 Å². The number of benzene rings is 3. The highest BCUT2D eigenvalue weighted by atomic mass is 16.3. The lowest BCUT2D eigenvalue weighted by molar-refractivity contribution is 0.669. The molecular formula is C19H15NO. The second-order valence-corrected chi connectivity index (χ2v) is 5.40. The smallest absolute Gasteiger partial charge is 0.135 e. The van der Waals surface area contributed by atoms with Crippen LogP contribution in [0.3, 0.4) is 0 Å². The Morgan fingerprint density at radius 2 is 1.62 bits per heavy atom. The van der Waals surface area contributed by atoms with Gasteiger partial charge in [-0.15, -0.1) is 0 Å². The van der Waals surface area contributed by atoms with E-state index in [1.165, 1.54) is 5.56 Å². The van der Waals surface area contributed by atoms with Crippen LogP contribution in [0, 0.1) is 6.92 Å². The van der Waals surface area contributed by atoms with Gasteiger partial charge in [-0.3, -0.25) is 0 Å². The molecule has 0 aliphatic carbocycles. The van der Waals surface area contributed by atoms with Gasteiger partial charge >= 0.3 is 0 Å². The van der Waals surface area contributed by atoms with E-state index in [-0.39, 0.29) is 0 Å². The van der Waals surface area contributed by atoms with Crippen molar-refractivity contribution in [2.75, 3.05) is 5.73 Å². The van der Waals surface area contributed by atoms with Crippen LogP contribution in [0.4, 0.5) is 5.69 Å². The molecule has 0 atom stereocenters. The van der Waals surface area contributed by atoms with E-state index in [2.05, 4.69) is 30.3 Å². The molecule has 4 aromatic rings. The Morgan fingerprint density at radius 1 is 0.810 bits per heavy atom. The fourth-order valence-corrected chi connectivity index (χ4v) is 2.84. The van der Waals surface area contributed by atoms with Crippen molar-refractivity contribution in [3.63, 3.8) is 0 Å². The van der Waals surface area contributed by atoms with E-state index >= 15 is 0 Å². The minimum absolute atomic E-state index is 0.808. The quantitative estimate of drug-likeness (QED) is 0.487. The van der Waals surface area contributed by atoms with Crippen LogP contribution in [0.2, 0.25) is 0 Å². The highest BCUT2D eigenvalue weighted by Crippen LogP contribution is 2.34. The molecule has 0 saturated carbocycles. The Kier molecular flexibility index (Phi) is 2.51. The van der Waals surface area contributed by atoms with Crippen molar-refractivity contribution < 1.29 is 4.42 Å². The van der Waals surface area contributed by atoms with Crippen LogP contribution in [0.5, 0.6) is 0 Å². The van der Waals surface area contributed by atoms with Crippen LogP contribution in [0.25, 0.3) is 33.1 Å². The van der Waals surface area contributed by atoms with Gasteiger partial charge in [-0.1, -0.05) is 36.4 Å². The summed E-state index contributed by atoms with van der Waals surface area (Å²) in [5, 5.41) is 2.27. The summed E-state index contributed by atoms with van der Waals surface area (Å²) in [5.74, 6) is 0. The average Bonchev–Trinajstić information content (AvgIpc) is 2.85. The second kappa shape index (κ2) is 4.38. The number of fused-ring (bicyclic) bond motifs is 3. The van der Waals surface area contributed by atoms with Gasteiger partial charge in [-0.2, -0.15) is 0 Å². The van der Waals surface area contributed by atoms with E-state index in [0.29, 0.717) is 0 Å². The van der Waals surface area contributed by atoms with Crippen LogP contribution >= 0.6 is 0 Å². The molecule has 0 radical (unpaired) electrons. The molecule has 2 N–H and O–H groups in total. The minimum atomic E-state index is 0.808. The summed E-state index contributed by atoms with van der Waals surface area (Å²) in [6, 6.07) is 20.5. The standard InChI is InChI=1S/C19H15NO/c1-12-6-8-14(17(20)10-12)13-7-9-19-16(11-13)15-4-2-3-5-18(15)21-19/h2-11H,20H2,1H3. The maximum atomic E-state index is 6.16. The summed E-state index contributed by atoms with van der Waals surface area (Å²) in [6.07, 6.45) is 0. The third-order valence-corrected chi connectivity index (χ3v) is 3.89. The van der Waals surface area contributed by atoms with Crippen LogP contribution in [0.15, 0.2) is 65.1 Å². The number of aryl methyl sites for hydroxylation is 1.